The summed E-state index contributed by atoms with van der Waals surface area (Å²) < 4.78 is 0.972. The highest BCUT2D eigenvalue weighted by Gasteiger charge is 2.63. The van der Waals surface area contributed by atoms with Gasteiger partial charge in [0, 0.05) is 10.2 Å². The molecule has 126 valence electrons. The maximum absolute atomic E-state index is 13.0. The van der Waals surface area contributed by atoms with Crippen LogP contribution in [-0.2, 0) is 9.59 Å². The Morgan fingerprint density at radius 2 is 1.62 bits per heavy atom. The van der Waals surface area contributed by atoms with E-state index in [2.05, 4.69) is 27.3 Å². The zero-order valence-electron chi connectivity index (χ0n) is 13.6. The number of hydrogen-bond acceptors (Lipinski definition) is 2. The lowest BCUT2D eigenvalue weighted by molar-refractivity contribution is -0.152. The number of carboxylic acids is 1. The quantitative estimate of drug-likeness (QED) is 0.773. The fourth-order valence-corrected chi connectivity index (χ4v) is 5.57. The minimum atomic E-state index is -0.843. The third-order valence-electron chi connectivity index (χ3n) is 5.99. The zero-order chi connectivity index (χ0) is 17.2. The van der Waals surface area contributed by atoms with Crippen LogP contribution in [0.3, 0.4) is 0 Å². The monoisotopic (exact) mass is 389 g/mol. The van der Waals surface area contributed by atoms with Gasteiger partial charge in [0.25, 0.3) is 0 Å². The van der Waals surface area contributed by atoms with E-state index >= 15 is 0 Å². The van der Waals surface area contributed by atoms with Crippen molar-refractivity contribution >= 4 is 33.5 Å². The third kappa shape index (κ3) is 2.32. The minimum absolute atomic E-state index is 0.0142. The number of aliphatic carboxylic acids is 1. The van der Waals surface area contributed by atoms with E-state index in [4.69, 9.17) is 0 Å². The van der Waals surface area contributed by atoms with Crippen molar-refractivity contribution in [2.45, 2.75) is 20.3 Å². The van der Waals surface area contributed by atoms with E-state index in [1.165, 1.54) is 0 Å². The second kappa shape index (κ2) is 5.45. The molecule has 6 atom stereocenters. The van der Waals surface area contributed by atoms with Crippen molar-refractivity contribution in [2.24, 2.45) is 35.5 Å². The fraction of sp³-hybridized carbons (Fsp3) is 0.474. The highest BCUT2D eigenvalue weighted by Crippen LogP contribution is 2.63. The van der Waals surface area contributed by atoms with Crippen LogP contribution in [0, 0.1) is 49.4 Å². The predicted molar refractivity (Wildman–Crippen MR) is 94.6 cm³/mol. The first kappa shape index (κ1) is 15.9. The average Bonchev–Trinajstić information content (AvgIpc) is 3.31. The van der Waals surface area contributed by atoms with Crippen LogP contribution in [-0.4, -0.2) is 17.0 Å². The molecule has 0 unspecified atom stereocenters. The largest absolute Gasteiger partial charge is 0.481 e. The first-order chi connectivity index (χ1) is 11.4. The molecule has 0 aromatic heterocycles. The Kier molecular flexibility index (Phi) is 3.60. The summed E-state index contributed by atoms with van der Waals surface area (Å²) in [5.41, 5.74) is 2.75. The second-order valence-electron chi connectivity index (χ2n) is 7.40. The number of carbonyl (C=O) groups is 2. The summed E-state index contributed by atoms with van der Waals surface area (Å²) >= 11 is 3.46. The molecule has 2 saturated carbocycles. The Bertz CT molecular complexity index is 749. The van der Waals surface area contributed by atoms with Gasteiger partial charge in [-0.2, -0.15) is 0 Å². The van der Waals surface area contributed by atoms with Crippen molar-refractivity contribution in [1.82, 2.24) is 0 Å². The topological polar surface area (TPSA) is 66.4 Å². The summed E-state index contributed by atoms with van der Waals surface area (Å²) in [6.45, 7) is 3.90. The number of benzene rings is 1. The van der Waals surface area contributed by atoms with Crippen LogP contribution in [0.25, 0.3) is 0 Å². The molecule has 2 bridgehead atoms. The smallest absolute Gasteiger partial charge is 0.307 e. The zero-order valence-corrected chi connectivity index (χ0v) is 15.2. The van der Waals surface area contributed by atoms with Gasteiger partial charge in [-0.1, -0.05) is 28.1 Å². The van der Waals surface area contributed by atoms with Crippen LogP contribution in [0.4, 0.5) is 5.69 Å². The molecule has 4 nitrogen and oxygen atoms in total. The first-order valence-corrected chi connectivity index (χ1v) is 9.16. The van der Waals surface area contributed by atoms with Crippen LogP contribution in [0.5, 0.6) is 0 Å². The summed E-state index contributed by atoms with van der Waals surface area (Å²) in [6, 6.07) is 3.92. The molecule has 0 spiro atoms. The summed E-state index contributed by atoms with van der Waals surface area (Å²) in [4.78, 5) is 24.8. The van der Waals surface area contributed by atoms with Crippen LogP contribution in [0.15, 0.2) is 28.8 Å². The molecule has 2 N–H and O–H groups in total. The number of anilines is 1. The molecule has 0 radical (unpaired) electrons. The van der Waals surface area contributed by atoms with E-state index in [1.807, 2.05) is 32.1 Å². The highest BCUT2D eigenvalue weighted by molar-refractivity contribution is 9.10. The SMILES string of the molecule is Cc1cc(Br)cc(C)c1NC(=O)[C@H]1[C@H]2C=C[C@H]([C@H]3C[C@H]23)[C@@H]1C(=O)O. The van der Waals surface area contributed by atoms with E-state index in [-0.39, 0.29) is 17.7 Å². The summed E-state index contributed by atoms with van der Waals surface area (Å²) in [5, 5.41) is 12.7. The summed E-state index contributed by atoms with van der Waals surface area (Å²) in [6.07, 6.45) is 5.19. The number of halogens is 1. The molecule has 5 heteroatoms. The molecule has 1 aromatic carbocycles. The first-order valence-electron chi connectivity index (χ1n) is 8.37. The molecule has 5 rings (SSSR count). The van der Waals surface area contributed by atoms with E-state index in [0.29, 0.717) is 11.8 Å². The van der Waals surface area contributed by atoms with Gasteiger partial charge in [0.05, 0.1) is 11.8 Å². The number of rotatable bonds is 3. The summed E-state index contributed by atoms with van der Waals surface area (Å²) in [5.74, 6) is -1.01. The van der Waals surface area contributed by atoms with Crippen molar-refractivity contribution in [2.75, 3.05) is 5.32 Å². The van der Waals surface area contributed by atoms with Gasteiger partial charge in [-0.25, -0.2) is 0 Å². The second-order valence-corrected chi connectivity index (χ2v) is 8.31. The maximum Gasteiger partial charge on any atom is 0.307 e. The molecule has 4 aliphatic carbocycles. The molecule has 0 aliphatic heterocycles. The van der Waals surface area contributed by atoms with Crippen LogP contribution >= 0.6 is 15.9 Å². The maximum atomic E-state index is 13.0. The molecule has 1 amide bonds. The molecule has 0 saturated heterocycles. The lowest BCUT2D eigenvalue weighted by Gasteiger charge is -2.41. The number of aryl methyl sites for hydroxylation is 2. The number of carbonyl (C=O) groups excluding carboxylic acids is 1. The fourth-order valence-electron chi connectivity index (χ4n) is 4.88. The molecular weight excluding hydrogens is 370 g/mol. The molecule has 4 aliphatic rings. The van der Waals surface area contributed by atoms with Gasteiger partial charge in [-0.15, -0.1) is 0 Å². The Balaban J connectivity index is 1.65. The van der Waals surface area contributed by atoms with E-state index in [0.717, 1.165) is 27.7 Å². The van der Waals surface area contributed by atoms with Crippen LogP contribution < -0.4 is 5.32 Å². The van der Waals surface area contributed by atoms with Crippen molar-refractivity contribution in [3.8, 4) is 0 Å². The third-order valence-corrected chi connectivity index (χ3v) is 6.44. The molecule has 24 heavy (non-hydrogen) atoms. The number of nitrogens with one attached hydrogen (secondary N) is 1. The van der Waals surface area contributed by atoms with Gasteiger partial charge in [0.15, 0.2) is 0 Å². The summed E-state index contributed by atoms with van der Waals surface area (Å²) in [7, 11) is 0. The molecule has 0 heterocycles. The highest BCUT2D eigenvalue weighted by atomic mass is 79.9. The Hall–Kier alpha value is -1.62. The standard InChI is InChI=1S/C19H20BrNO3/c1-8-5-10(20)6-9(2)17(8)21-18(22)15-11-3-4-12(14-7-13(11)14)16(15)19(23)24/h3-6,11-16H,7H2,1-2H3,(H,21,22)(H,23,24)/t11-,12+,13+,14+,15-,16-/m0/s1. The Labute approximate surface area is 149 Å². The number of allylic oxidation sites excluding steroid dienone is 2. The van der Waals surface area contributed by atoms with Gasteiger partial charge < -0.3 is 10.4 Å². The van der Waals surface area contributed by atoms with Crippen molar-refractivity contribution < 1.29 is 14.7 Å². The van der Waals surface area contributed by atoms with E-state index in [1.54, 1.807) is 0 Å². The molecule has 1 aromatic rings. The minimum Gasteiger partial charge on any atom is -0.481 e. The van der Waals surface area contributed by atoms with Crippen molar-refractivity contribution in [1.29, 1.82) is 0 Å². The lowest BCUT2D eigenvalue weighted by atomic mass is 9.62. The van der Waals surface area contributed by atoms with Gasteiger partial charge in [0.1, 0.15) is 0 Å². The average molecular weight is 390 g/mol. The Morgan fingerprint density at radius 1 is 1.08 bits per heavy atom. The van der Waals surface area contributed by atoms with Crippen LogP contribution in [0.1, 0.15) is 17.5 Å². The van der Waals surface area contributed by atoms with Gasteiger partial charge in [-0.05, 0) is 67.2 Å². The number of carboxylic acid groups (broad SMARTS) is 1. The molecular formula is C19H20BrNO3. The van der Waals surface area contributed by atoms with Crippen LogP contribution in [0.2, 0.25) is 0 Å². The molecule has 2 fully saturated rings. The predicted octanol–water partition coefficient (Wildman–Crippen LogP) is 3.77. The van der Waals surface area contributed by atoms with Gasteiger partial charge in [-0.3, -0.25) is 9.59 Å². The van der Waals surface area contributed by atoms with Gasteiger partial charge >= 0.3 is 5.97 Å². The number of amides is 1. The number of fused-ring (bicyclic) bond motifs is 1. The Morgan fingerprint density at radius 3 is 2.17 bits per heavy atom. The van der Waals surface area contributed by atoms with Crippen molar-refractivity contribution in [3.05, 3.63) is 39.9 Å². The normalized spacial score (nSPS) is 35.5. The van der Waals surface area contributed by atoms with E-state index < -0.39 is 17.8 Å². The van der Waals surface area contributed by atoms with E-state index in [9.17, 15) is 14.7 Å². The van der Waals surface area contributed by atoms with Gasteiger partial charge in [0.2, 0.25) is 5.91 Å². The van der Waals surface area contributed by atoms with Crippen molar-refractivity contribution in [3.63, 3.8) is 0 Å². The lowest BCUT2D eigenvalue weighted by Crippen LogP contribution is -2.48. The number of hydrogen-bond donors (Lipinski definition) is 2.